The Balaban J connectivity index is 1.55. The highest BCUT2D eigenvalue weighted by molar-refractivity contribution is 5.75. The minimum atomic E-state index is -0.0768. The third kappa shape index (κ3) is 4.53. The Labute approximate surface area is 194 Å². The molecule has 0 bridgehead atoms. The zero-order valence-corrected chi connectivity index (χ0v) is 19.3. The molecule has 1 aromatic carbocycles. The lowest BCUT2D eigenvalue weighted by Gasteiger charge is -2.32. The maximum atomic E-state index is 13.5. The van der Waals surface area contributed by atoms with E-state index in [0.717, 1.165) is 50.3 Å². The van der Waals surface area contributed by atoms with Gasteiger partial charge in [0.2, 0.25) is 11.9 Å². The number of nitrogens with zero attached hydrogens (tertiary/aromatic N) is 5. The molecule has 3 aromatic rings. The van der Waals surface area contributed by atoms with Crippen molar-refractivity contribution >= 4 is 23.1 Å². The summed E-state index contributed by atoms with van der Waals surface area (Å²) in [5, 5.41) is 3.32. The molecule has 33 heavy (non-hydrogen) atoms. The smallest absolute Gasteiger partial charge is 0.281 e. The molecular weight excluding hydrogens is 414 g/mol. The van der Waals surface area contributed by atoms with E-state index in [1.807, 2.05) is 30.3 Å². The van der Waals surface area contributed by atoms with Crippen molar-refractivity contribution in [2.75, 3.05) is 23.3 Å². The number of fused-ring (bicyclic) bond motifs is 1. The lowest BCUT2D eigenvalue weighted by molar-refractivity contribution is 0.494. The molecule has 3 N–H and O–H groups in total. The van der Waals surface area contributed by atoms with Crippen LogP contribution in [0.5, 0.6) is 0 Å². The number of hydrogen-bond acceptors (Lipinski definition) is 6. The fourth-order valence-corrected chi connectivity index (χ4v) is 4.92. The molecule has 1 atom stereocenters. The average molecular weight is 448 g/mol. The first-order valence-corrected chi connectivity index (χ1v) is 12.0. The van der Waals surface area contributed by atoms with E-state index in [9.17, 15) is 4.79 Å². The van der Waals surface area contributed by atoms with Gasteiger partial charge >= 0.3 is 0 Å². The Morgan fingerprint density at radius 1 is 1.15 bits per heavy atom. The molecule has 0 amide bonds. The number of nitrogens with two attached hydrogens (primary N) is 1. The largest absolute Gasteiger partial charge is 0.351 e. The number of piperidine rings is 1. The number of anilines is 2. The van der Waals surface area contributed by atoms with Crippen LogP contribution in [0.2, 0.25) is 0 Å². The van der Waals surface area contributed by atoms with Crippen LogP contribution in [0.15, 0.2) is 46.8 Å². The molecule has 1 unspecified atom stereocenters. The van der Waals surface area contributed by atoms with Crippen LogP contribution in [0, 0.1) is 0 Å². The molecule has 8 nitrogen and oxygen atoms in total. The third-order valence-electron chi connectivity index (χ3n) is 6.75. The van der Waals surface area contributed by atoms with E-state index in [4.69, 9.17) is 15.7 Å². The zero-order valence-electron chi connectivity index (χ0n) is 19.3. The summed E-state index contributed by atoms with van der Waals surface area (Å²) in [5.41, 5.74) is 9.78. The Hall–Kier alpha value is -3.13. The van der Waals surface area contributed by atoms with Gasteiger partial charge in [0.1, 0.15) is 0 Å². The van der Waals surface area contributed by atoms with Gasteiger partial charge in [0.05, 0.1) is 0 Å². The zero-order chi connectivity index (χ0) is 22.8. The van der Waals surface area contributed by atoms with Crippen molar-refractivity contribution in [3.8, 4) is 0 Å². The molecule has 2 aliphatic rings. The lowest BCUT2D eigenvalue weighted by Crippen LogP contribution is -2.44. The van der Waals surface area contributed by atoms with E-state index in [1.54, 1.807) is 11.6 Å². The topological polar surface area (TPSA) is 94.0 Å². The predicted octanol–water partition coefficient (Wildman–Crippen LogP) is 3.17. The van der Waals surface area contributed by atoms with E-state index in [2.05, 4.69) is 20.9 Å². The van der Waals surface area contributed by atoms with Gasteiger partial charge in [-0.05, 0) is 44.1 Å². The molecule has 1 aliphatic heterocycles. The number of imidazole rings is 1. The van der Waals surface area contributed by atoms with Crippen LogP contribution in [-0.4, -0.2) is 38.2 Å². The summed E-state index contributed by atoms with van der Waals surface area (Å²) >= 11 is 0. The van der Waals surface area contributed by atoms with Gasteiger partial charge in [-0.3, -0.25) is 13.9 Å². The van der Waals surface area contributed by atoms with Crippen LogP contribution in [0.1, 0.15) is 44.1 Å². The monoisotopic (exact) mass is 447 g/mol. The van der Waals surface area contributed by atoms with Gasteiger partial charge in [-0.25, -0.2) is 0 Å². The summed E-state index contributed by atoms with van der Waals surface area (Å²) in [7, 11) is 1.77. The molecule has 1 aliphatic carbocycles. The SMILES string of the molecule is Cn1c(NCc2ccccc2)nc2nc(N3CCCC(N)C3)n(CC3=CCCCC3)c2c1=O. The number of allylic oxidation sites excluding steroid dienone is 2. The molecule has 0 spiro atoms. The molecule has 0 saturated carbocycles. The fourth-order valence-electron chi connectivity index (χ4n) is 4.92. The predicted molar refractivity (Wildman–Crippen MR) is 133 cm³/mol. The molecule has 3 heterocycles. The minimum Gasteiger partial charge on any atom is -0.351 e. The van der Waals surface area contributed by atoms with Crippen molar-refractivity contribution in [3.05, 3.63) is 57.9 Å². The maximum absolute atomic E-state index is 13.5. The first kappa shape index (κ1) is 21.7. The van der Waals surface area contributed by atoms with Gasteiger partial charge in [-0.2, -0.15) is 9.97 Å². The Kier molecular flexibility index (Phi) is 6.17. The van der Waals surface area contributed by atoms with Crippen molar-refractivity contribution in [3.63, 3.8) is 0 Å². The van der Waals surface area contributed by atoms with Crippen LogP contribution in [0.3, 0.4) is 0 Å². The Morgan fingerprint density at radius 3 is 2.76 bits per heavy atom. The summed E-state index contributed by atoms with van der Waals surface area (Å²) < 4.78 is 3.69. The van der Waals surface area contributed by atoms with Gasteiger partial charge in [0.15, 0.2) is 11.2 Å². The highest BCUT2D eigenvalue weighted by Crippen LogP contribution is 2.27. The number of aromatic nitrogens is 4. The van der Waals surface area contributed by atoms with Gasteiger partial charge in [-0.1, -0.05) is 42.0 Å². The first-order valence-electron chi connectivity index (χ1n) is 12.0. The maximum Gasteiger partial charge on any atom is 0.281 e. The summed E-state index contributed by atoms with van der Waals surface area (Å²) in [6.07, 6.45) is 9.00. The third-order valence-corrected chi connectivity index (χ3v) is 6.75. The highest BCUT2D eigenvalue weighted by Gasteiger charge is 2.26. The minimum absolute atomic E-state index is 0.0768. The Morgan fingerprint density at radius 2 is 2.00 bits per heavy atom. The van der Waals surface area contributed by atoms with Crippen LogP contribution < -0.4 is 21.5 Å². The fraction of sp³-hybridized carbons (Fsp3) is 0.480. The summed E-state index contributed by atoms with van der Waals surface area (Å²) in [6.45, 7) is 2.93. The Bertz CT molecular complexity index is 1210. The second-order valence-electron chi connectivity index (χ2n) is 9.27. The molecule has 1 fully saturated rings. The average Bonchev–Trinajstić information content (AvgIpc) is 3.20. The standard InChI is InChI=1S/C25H33N7O/c1-30-23(33)21-22(28-24(30)27-15-18-9-4-2-5-10-18)29-25(31-14-8-13-20(26)17-31)32(21)16-19-11-6-3-7-12-19/h2,4-5,9-11,20H,3,6-8,12-17,26H2,1H3,(H,27,28). The van der Waals surface area contributed by atoms with Crippen molar-refractivity contribution in [1.82, 2.24) is 19.1 Å². The van der Waals surface area contributed by atoms with Crippen LogP contribution in [0.25, 0.3) is 11.2 Å². The molecular formula is C25H33N7O. The van der Waals surface area contributed by atoms with Crippen LogP contribution in [0.4, 0.5) is 11.9 Å². The number of nitrogens with one attached hydrogen (secondary N) is 1. The molecule has 8 heteroatoms. The summed E-state index contributed by atoms with van der Waals surface area (Å²) in [4.78, 5) is 25.5. The van der Waals surface area contributed by atoms with E-state index in [1.165, 1.54) is 18.4 Å². The quantitative estimate of drug-likeness (QED) is 0.564. The van der Waals surface area contributed by atoms with Crippen molar-refractivity contribution in [2.24, 2.45) is 12.8 Å². The van der Waals surface area contributed by atoms with Gasteiger partial charge < -0.3 is 16.0 Å². The summed E-state index contributed by atoms with van der Waals surface area (Å²) in [6, 6.07) is 10.2. The number of benzene rings is 1. The van der Waals surface area contributed by atoms with E-state index in [-0.39, 0.29) is 11.6 Å². The van der Waals surface area contributed by atoms with Gasteiger partial charge in [-0.15, -0.1) is 0 Å². The number of hydrogen-bond donors (Lipinski definition) is 2. The second kappa shape index (κ2) is 9.39. The molecule has 5 rings (SSSR count). The van der Waals surface area contributed by atoms with Crippen LogP contribution >= 0.6 is 0 Å². The molecule has 174 valence electrons. The molecule has 0 radical (unpaired) electrons. The van der Waals surface area contributed by atoms with E-state index >= 15 is 0 Å². The van der Waals surface area contributed by atoms with Crippen molar-refractivity contribution in [2.45, 2.75) is 57.7 Å². The van der Waals surface area contributed by atoms with Gasteiger partial charge in [0, 0.05) is 39.3 Å². The van der Waals surface area contributed by atoms with E-state index in [0.29, 0.717) is 30.2 Å². The summed E-state index contributed by atoms with van der Waals surface area (Å²) in [5.74, 6) is 1.34. The van der Waals surface area contributed by atoms with Crippen LogP contribution in [-0.2, 0) is 20.1 Å². The number of rotatable bonds is 6. The van der Waals surface area contributed by atoms with Crippen molar-refractivity contribution in [1.29, 1.82) is 0 Å². The highest BCUT2D eigenvalue weighted by atomic mass is 16.1. The lowest BCUT2D eigenvalue weighted by atomic mass is 9.99. The second-order valence-corrected chi connectivity index (χ2v) is 9.27. The molecule has 2 aromatic heterocycles. The first-order chi connectivity index (χ1) is 16.1. The van der Waals surface area contributed by atoms with Gasteiger partial charge in [0.25, 0.3) is 5.56 Å². The van der Waals surface area contributed by atoms with Crippen molar-refractivity contribution < 1.29 is 0 Å². The normalized spacial score (nSPS) is 19.0. The van der Waals surface area contributed by atoms with E-state index < -0.39 is 0 Å². The molecule has 1 saturated heterocycles.